The van der Waals surface area contributed by atoms with E-state index in [9.17, 15) is 0 Å². The molecule has 84 valence electrons. The fourth-order valence-electron chi connectivity index (χ4n) is 1.31. The smallest absolute Gasteiger partial charge is 0.118 e. The molecule has 0 amide bonds. The molecule has 1 rings (SSSR count). The maximum atomic E-state index is 5.75. The van der Waals surface area contributed by atoms with Crippen LogP contribution in [0.15, 0.2) is 24.3 Å². The highest BCUT2D eigenvalue weighted by atomic mass is 127. The lowest BCUT2D eigenvalue weighted by Crippen LogP contribution is -2.06. The van der Waals surface area contributed by atoms with E-state index in [2.05, 4.69) is 41.6 Å². The molecule has 0 radical (unpaired) electrons. The Balaban J connectivity index is 2.65. The van der Waals surface area contributed by atoms with Crippen molar-refractivity contribution in [3.63, 3.8) is 0 Å². The maximum absolute atomic E-state index is 5.75. The van der Waals surface area contributed by atoms with E-state index in [4.69, 9.17) is 9.47 Å². The summed E-state index contributed by atoms with van der Waals surface area (Å²) in [6, 6.07) is 8.09. The molecule has 1 aromatic carbocycles. The predicted molar refractivity (Wildman–Crippen MR) is 70.9 cm³/mol. The molecule has 0 aliphatic rings. The van der Waals surface area contributed by atoms with Crippen molar-refractivity contribution in [2.45, 2.75) is 19.4 Å². The first kappa shape index (κ1) is 12.8. The minimum Gasteiger partial charge on any atom is -0.497 e. The molecular formula is C12H17IO2. The summed E-state index contributed by atoms with van der Waals surface area (Å²) >= 11 is 2.35. The van der Waals surface area contributed by atoms with E-state index < -0.39 is 0 Å². The van der Waals surface area contributed by atoms with E-state index in [0.29, 0.717) is 0 Å². The average Bonchev–Trinajstić information content (AvgIpc) is 2.31. The van der Waals surface area contributed by atoms with Crippen molar-refractivity contribution in [1.82, 2.24) is 0 Å². The lowest BCUT2D eigenvalue weighted by molar-refractivity contribution is 0.0715. The van der Waals surface area contributed by atoms with Crippen molar-refractivity contribution in [3.05, 3.63) is 29.8 Å². The molecular weight excluding hydrogens is 303 g/mol. The van der Waals surface area contributed by atoms with Gasteiger partial charge in [0.25, 0.3) is 0 Å². The highest BCUT2D eigenvalue weighted by Gasteiger charge is 2.09. The number of rotatable bonds is 6. The third kappa shape index (κ3) is 3.99. The molecule has 0 saturated heterocycles. The first-order chi connectivity index (χ1) is 7.31. The Morgan fingerprint density at radius 3 is 2.40 bits per heavy atom. The lowest BCUT2D eigenvalue weighted by Gasteiger charge is -2.15. The van der Waals surface area contributed by atoms with Crippen molar-refractivity contribution < 1.29 is 9.47 Å². The number of halogens is 1. The van der Waals surface area contributed by atoms with Gasteiger partial charge in [-0.05, 0) is 24.1 Å². The lowest BCUT2D eigenvalue weighted by atomic mass is 10.1. The third-order valence-electron chi connectivity index (χ3n) is 2.15. The van der Waals surface area contributed by atoms with Gasteiger partial charge in [0.15, 0.2) is 0 Å². The third-order valence-corrected chi connectivity index (χ3v) is 2.95. The SMILES string of the molecule is CCCOC(CI)c1ccc(OC)cc1. The summed E-state index contributed by atoms with van der Waals surface area (Å²) < 4.78 is 11.8. The molecule has 3 heteroatoms. The van der Waals surface area contributed by atoms with Gasteiger partial charge in [0.1, 0.15) is 5.75 Å². The Morgan fingerprint density at radius 2 is 1.93 bits per heavy atom. The van der Waals surface area contributed by atoms with E-state index in [-0.39, 0.29) is 6.10 Å². The minimum absolute atomic E-state index is 0.205. The highest BCUT2D eigenvalue weighted by Crippen LogP contribution is 2.22. The Morgan fingerprint density at radius 1 is 1.27 bits per heavy atom. The van der Waals surface area contributed by atoms with Crippen LogP contribution < -0.4 is 4.74 Å². The molecule has 0 fully saturated rings. The molecule has 1 aromatic rings. The van der Waals surface area contributed by atoms with E-state index in [1.54, 1.807) is 7.11 Å². The monoisotopic (exact) mass is 320 g/mol. The van der Waals surface area contributed by atoms with Gasteiger partial charge >= 0.3 is 0 Å². The summed E-state index contributed by atoms with van der Waals surface area (Å²) in [5, 5.41) is 0. The van der Waals surface area contributed by atoms with Crippen LogP contribution in [0.5, 0.6) is 5.75 Å². The Labute approximate surface area is 105 Å². The number of alkyl halides is 1. The van der Waals surface area contributed by atoms with Gasteiger partial charge in [0, 0.05) is 11.0 Å². The molecule has 0 heterocycles. The number of ether oxygens (including phenoxy) is 2. The van der Waals surface area contributed by atoms with Gasteiger partial charge < -0.3 is 9.47 Å². The molecule has 0 saturated carbocycles. The summed E-state index contributed by atoms with van der Waals surface area (Å²) in [7, 11) is 1.68. The van der Waals surface area contributed by atoms with Crippen molar-refractivity contribution >= 4 is 22.6 Å². The quantitative estimate of drug-likeness (QED) is 0.589. The number of methoxy groups -OCH3 is 1. The van der Waals surface area contributed by atoms with Crippen LogP contribution >= 0.6 is 22.6 Å². The zero-order valence-electron chi connectivity index (χ0n) is 9.20. The van der Waals surface area contributed by atoms with Crippen LogP contribution in [0, 0.1) is 0 Å². The molecule has 15 heavy (non-hydrogen) atoms. The van der Waals surface area contributed by atoms with E-state index in [0.717, 1.165) is 23.2 Å². The van der Waals surface area contributed by atoms with Crippen LogP contribution in [0.1, 0.15) is 25.0 Å². The second-order valence-corrected chi connectivity index (χ2v) is 4.17. The van der Waals surface area contributed by atoms with Crippen LogP contribution in [0.4, 0.5) is 0 Å². The van der Waals surface area contributed by atoms with Crippen LogP contribution in [0.25, 0.3) is 0 Å². The van der Waals surface area contributed by atoms with Gasteiger partial charge in [-0.1, -0.05) is 41.6 Å². The van der Waals surface area contributed by atoms with Crippen molar-refractivity contribution in [2.24, 2.45) is 0 Å². The first-order valence-corrected chi connectivity index (χ1v) is 6.65. The molecule has 0 N–H and O–H groups in total. The molecule has 2 nitrogen and oxygen atoms in total. The molecule has 0 bridgehead atoms. The van der Waals surface area contributed by atoms with Gasteiger partial charge in [-0.15, -0.1) is 0 Å². The van der Waals surface area contributed by atoms with E-state index >= 15 is 0 Å². The van der Waals surface area contributed by atoms with Gasteiger partial charge in [0.05, 0.1) is 13.2 Å². The van der Waals surface area contributed by atoms with Gasteiger partial charge in [0.2, 0.25) is 0 Å². The molecule has 1 unspecified atom stereocenters. The minimum atomic E-state index is 0.205. The maximum Gasteiger partial charge on any atom is 0.118 e. The molecule has 0 aromatic heterocycles. The first-order valence-electron chi connectivity index (χ1n) is 5.13. The molecule has 1 atom stereocenters. The largest absolute Gasteiger partial charge is 0.497 e. The van der Waals surface area contributed by atoms with E-state index in [1.165, 1.54) is 5.56 Å². The second-order valence-electron chi connectivity index (χ2n) is 3.29. The van der Waals surface area contributed by atoms with Gasteiger partial charge in [-0.25, -0.2) is 0 Å². The number of hydrogen-bond donors (Lipinski definition) is 0. The molecule has 0 aliphatic heterocycles. The standard InChI is InChI=1S/C12H17IO2/c1-3-8-15-12(9-13)10-4-6-11(14-2)7-5-10/h4-7,12H,3,8-9H2,1-2H3. The fourth-order valence-corrected chi connectivity index (χ4v) is 2.07. The fraction of sp³-hybridized carbons (Fsp3) is 0.500. The Kier molecular flexibility index (Phi) is 6.02. The number of benzene rings is 1. The highest BCUT2D eigenvalue weighted by molar-refractivity contribution is 14.1. The second kappa shape index (κ2) is 7.06. The normalized spacial score (nSPS) is 12.5. The summed E-state index contributed by atoms with van der Waals surface area (Å²) in [5.74, 6) is 0.890. The van der Waals surface area contributed by atoms with Crippen LogP contribution in [-0.4, -0.2) is 18.1 Å². The van der Waals surface area contributed by atoms with Crippen molar-refractivity contribution in [2.75, 3.05) is 18.1 Å². The van der Waals surface area contributed by atoms with Gasteiger partial charge in [-0.2, -0.15) is 0 Å². The molecule has 0 spiro atoms. The Bertz CT molecular complexity index is 271. The van der Waals surface area contributed by atoms with Crippen LogP contribution in [0.3, 0.4) is 0 Å². The van der Waals surface area contributed by atoms with E-state index in [1.807, 2.05) is 12.1 Å². The summed E-state index contributed by atoms with van der Waals surface area (Å²) in [5.41, 5.74) is 1.22. The van der Waals surface area contributed by atoms with Crippen LogP contribution in [0.2, 0.25) is 0 Å². The summed E-state index contributed by atoms with van der Waals surface area (Å²) in [6.45, 7) is 2.94. The van der Waals surface area contributed by atoms with Crippen LogP contribution in [-0.2, 0) is 4.74 Å². The Hall–Kier alpha value is -0.290. The average molecular weight is 320 g/mol. The predicted octanol–water partition coefficient (Wildman–Crippen LogP) is 3.60. The molecule has 0 aliphatic carbocycles. The zero-order valence-corrected chi connectivity index (χ0v) is 11.4. The van der Waals surface area contributed by atoms with Crippen molar-refractivity contribution in [3.8, 4) is 5.75 Å². The van der Waals surface area contributed by atoms with Gasteiger partial charge in [-0.3, -0.25) is 0 Å². The topological polar surface area (TPSA) is 18.5 Å². The number of hydrogen-bond acceptors (Lipinski definition) is 2. The van der Waals surface area contributed by atoms with Crippen molar-refractivity contribution in [1.29, 1.82) is 0 Å². The summed E-state index contributed by atoms with van der Waals surface area (Å²) in [6.07, 6.45) is 1.26. The summed E-state index contributed by atoms with van der Waals surface area (Å²) in [4.78, 5) is 0. The zero-order chi connectivity index (χ0) is 11.1.